The SMILES string of the molecule is O=[N+]([O-])c1ccc2c(c1)S(=O)c1cc([N+](=O)[O-])cc([N+](=O)[O-])c1-2. The van der Waals surface area contributed by atoms with E-state index in [-0.39, 0.29) is 26.6 Å². The molecular formula is C12H5N3O7S. The molecule has 0 radical (unpaired) electrons. The van der Waals surface area contributed by atoms with Crippen molar-refractivity contribution in [3.8, 4) is 11.1 Å². The van der Waals surface area contributed by atoms with Gasteiger partial charge >= 0.3 is 0 Å². The lowest BCUT2D eigenvalue weighted by Gasteiger charge is -2.01. The zero-order valence-electron chi connectivity index (χ0n) is 11.0. The lowest BCUT2D eigenvalue weighted by atomic mass is 10.0. The minimum Gasteiger partial charge on any atom is -0.258 e. The Bertz CT molecular complexity index is 940. The number of hydrogen-bond acceptors (Lipinski definition) is 7. The molecule has 116 valence electrons. The van der Waals surface area contributed by atoms with Crippen molar-refractivity contribution in [2.45, 2.75) is 9.79 Å². The summed E-state index contributed by atoms with van der Waals surface area (Å²) in [6.45, 7) is 0. The molecule has 1 aliphatic heterocycles. The summed E-state index contributed by atoms with van der Waals surface area (Å²) >= 11 is 0. The molecule has 2 aromatic carbocycles. The topological polar surface area (TPSA) is 146 Å². The Balaban J connectivity index is 2.34. The van der Waals surface area contributed by atoms with Crippen molar-refractivity contribution in [2.24, 2.45) is 0 Å². The van der Waals surface area contributed by atoms with Crippen LogP contribution >= 0.6 is 0 Å². The molecule has 0 aliphatic carbocycles. The highest BCUT2D eigenvalue weighted by Gasteiger charge is 2.36. The molecule has 1 heterocycles. The quantitative estimate of drug-likeness (QED) is 0.527. The van der Waals surface area contributed by atoms with Crippen molar-refractivity contribution in [1.29, 1.82) is 0 Å². The highest BCUT2D eigenvalue weighted by Crippen LogP contribution is 2.48. The molecule has 0 saturated carbocycles. The van der Waals surface area contributed by atoms with Crippen molar-refractivity contribution in [3.63, 3.8) is 0 Å². The van der Waals surface area contributed by atoms with Crippen LogP contribution in [0, 0.1) is 30.3 Å². The number of rotatable bonds is 3. The first-order valence-electron chi connectivity index (χ1n) is 5.98. The van der Waals surface area contributed by atoms with Crippen LogP contribution in [0.15, 0.2) is 40.1 Å². The van der Waals surface area contributed by atoms with Gasteiger partial charge in [0.15, 0.2) is 0 Å². The van der Waals surface area contributed by atoms with E-state index in [0.29, 0.717) is 0 Å². The molecule has 3 rings (SSSR count). The van der Waals surface area contributed by atoms with Gasteiger partial charge in [0, 0.05) is 23.8 Å². The highest BCUT2D eigenvalue weighted by atomic mass is 32.2. The van der Waals surface area contributed by atoms with Gasteiger partial charge < -0.3 is 0 Å². The maximum Gasteiger partial charge on any atom is 0.285 e. The minimum atomic E-state index is -1.97. The number of fused-ring (bicyclic) bond motifs is 3. The van der Waals surface area contributed by atoms with E-state index < -0.39 is 36.9 Å². The predicted octanol–water partition coefficient (Wildman–Crippen LogP) is 2.56. The van der Waals surface area contributed by atoms with Crippen LogP contribution in [0.4, 0.5) is 17.1 Å². The van der Waals surface area contributed by atoms with E-state index in [9.17, 15) is 34.6 Å². The summed E-state index contributed by atoms with van der Waals surface area (Å²) in [6.07, 6.45) is 0. The molecule has 0 saturated heterocycles. The lowest BCUT2D eigenvalue weighted by molar-refractivity contribution is -0.394. The van der Waals surface area contributed by atoms with Crippen LogP contribution in [-0.4, -0.2) is 19.0 Å². The predicted molar refractivity (Wildman–Crippen MR) is 76.5 cm³/mol. The Labute approximate surface area is 129 Å². The zero-order chi connectivity index (χ0) is 16.9. The molecule has 1 atom stereocenters. The first kappa shape index (κ1) is 14.7. The molecule has 11 heteroatoms. The Kier molecular flexibility index (Phi) is 3.14. The van der Waals surface area contributed by atoms with Crippen molar-refractivity contribution in [2.75, 3.05) is 0 Å². The second-order valence-corrected chi connectivity index (χ2v) is 5.98. The number of hydrogen-bond donors (Lipinski definition) is 0. The van der Waals surface area contributed by atoms with Crippen LogP contribution in [-0.2, 0) is 10.8 Å². The second kappa shape index (κ2) is 4.91. The Morgan fingerprint density at radius 2 is 1.39 bits per heavy atom. The standard InChI is InChI=1S/C12H5N3O7S/c16-13(17)6-1-2-8-10(4-6)23(22)11-5-7(14(18)19)3-9(12(8)11)15(20)21/h1-5H. The summed E-state index contributed by atoms with van der Waals surface area (Å²) in [7, 11) is -1.97. The van der Waals surface area contributed by atoms with Crippen molar-refractivity contribution in [1.82, 2.24) is 0 Å². The third kappa shape index (κ3) is 2.14. The Hall–Kier alpha value is -3.21. The molecule has 0 amide bonds. The van der Waals surface area contributed by atoms with Crippen molar-refractivity contribution in [3.05, 3.63) is 60.7 Å². The molecule has 2 aromatic rings. The Morgan fingerprint density at radius 3 is 1.96 bits per heavy atom. The van der Waals surface area contributed by atoms with E-state index >= 15 is 0 Å². The molecule has 10 nitrogen and oxygen atoms in total. The van der Waals surface area contributed by atoms with Gasteiger partial charge in [0.05, 0.1) is 47.0 Å². The zero-order valence-corrected chi connectivity index (χ0v) is 11.8. The van der Waals surface area contributed by atoms with Crippen LogP contribution in [0.2, 0.25) is 0 Å². The fraction of sp³-hybridized carbons (Fsp3) is 0. The summed E-state index contributed by atoms with van der Waals surface area (Å²) in [4.78, 5) is 30.5. The maximum atomic E-state index is 12.5. The van der Waals surface area contributed by atoms with E-state index in [2.05, 4.69) is 0 Å². The number of nitrogens with zero attached hydrogens (tertiary/aromatic N) is 3. The van der Waals surface area contributed by atoms with Gasteiger partial charge in [0.25, 0.3) is 17.1 Å². The maximum absolute atomic E-state index is 12.5. The molecule has 0 spiro atoms. The van der Waals surface area contributed by atoms with E-state index in [0.717, 1.165) is 24.3 Å². The summed E-state index contributed by atoms with van der Waals surface area (Å²) in [6, 6.07) is 5.23. The minimum absolute atomic E-state index is 0.0103. The first-order chi connectivity index (χ1) is 10.8. The third-order valence-electron chi connectivity index (χ3n) is 3.32. The molecule has 0 fully saturated rings. The summed E-state index contributed by atoms with van der Waals surface area (Å²) < 4.78 is 12.5. The van der Waals surface area contributed by atoms with Crippen LogP contribution in [0.5, 0.6) is 0 Å². The average Bonchev–Trinajstić information content (AvgIpc) is 2.79. The number of nitro groups is 3. The molecule has 0 N–H and O–H groups in total. The summed E-state index contributed by atoms with van der Waals surface area (Å²) in [5.74, 6) is 0. The van der Waals surface area contributed by atoms with Crippen molar-refractivity contribution >= 4 is 27.9 Å². The Morgan fingerprint density at radius 1 is 0.783 bits per heavy atom. The highest BCUT2D eigenvalue weighted by molar-refractivity contribution is 7.85. The average molecular weight is 335 g/mol. The molecule has 0 bridgehead atoms. The van der Waals surface area contributed by atoms with E-state index in [1.54, 1.807) is 0 Å². The number of benzene rings is 2. The van der Waals surface area contributed by atoms with Crippen LogP contribution < -0.4 is 0 Å². The van der Waals surface area contributed by atoms with Crippen LogP contribution in [0.25, 0.3) is 11.1 Å². The van der Waals surface area contributed by atoms with E-state index in [4.69, 9.17) is 0 Å². The fourth-order valence-corrected chi connectivity index (χ4v) is 3.82. The largest absolute Gasteiger partial charge is 0.285 e. The summed E-state index contributed by atoms with van der Waals surface area (Å²) in [5, 5.41) is 32.9. The van der Waals surface area contributed by atoms with Gasteiger partial charge in [-0.25, -0.2) is 4.21 Å². The fourth-order valence-electron chi connectivity index (χ4n) is 2.36. The molecule has 23 heavy (non-hydrogen) atoms. The lowest BCUT2D eigenvalue weighted by Crippen LogP contribution is -1.97. The van der Waals surface area contributed by atoms with E-state index in [1.165, 1.54) is 6.07 Å². The monoisotopic (exact) mass is 335 g/mol. The van der Waals surface area contributed by atoms with Gasteiger partial charge in [-0.05, 0) is 6.07 Å². The van der Waals surface area contributed by atoms with Gasteiger partial charge in [0.2, 0.25) is 0 Å². The second-order valence-electron chi connectivity index (χ2n) is 4.56. The normalized spacial score (nSPS) is 14.9. The number of non-ortho nitro benzene ring substituents is 2. The van der Waals surface area contributed by atoms with Gasteiger partial charge in [-0.3, -0.25) is 30.3 Å². The van der Waals surface area contributed by atoms with Crippen molar-refractivity contribution < 1.29 is 19.0 Å². The molecule has 1 aliphatic rings. The van der Waals surface area contributed by atoms with Gasteiger partial charge in [0.1, 0.15) is 0 Å². The van der Waals surface area contributed by atoms with Gasteiger partial charge in [-0.1, -0.05) is 0 Å². The number of nitro benzene ring substituents is 3. The first-order valence-corrected chi connectivity index (χ1v) is 7.13. The molecular weight excluding hydrogens is 330 g/mol. The molecule has 1 unspecified atom stereocenters. The summed E-state index contributed by atoms with van der Waals surface area (Å²) in [5.41, 5.74) is -1.25. The van der Waals surface area contributed by atoms with Crippen LogP contribution in [0.3, 0.4) is 0 Å². The van der Waals surface area contributed by atoms with Gasteiger partial charge in [-0.2, -0.15) is 0 Å². The smallest absolute Gasteiger partial charge is 0.258 e. The van der Waals surface area contributed by atoms with Gasteiger partial charge in [-0.15, -0.1) is 0 Å². The van der Waals surface area contributed by atoms with Crippen LogP contribution in [0.1, 0.15) is 0 Å². The molecule has 0 aromatic heterocycles. The van der Waals surface area contributed by atoms with E-state index in [1.807, 2.05) is 0 Å². The third-order valence-corrected chi connectivity index (χ3v) is 4.78.